The minimum atomic E-state index is 0.363. The molecule has 1 N–H and O–H groups in total. The first-order chi connectivity index (χ1) is 9.24. The molecule has 0 radical (unpaired) electrons. The van der Waals surface area contributed by atoms with E-state index in [0.29, 0.717) is 11.7 Å². The summed E-state index contributed by atoms with van der Waals surface area (Å²) < 4.78 is 5.43. The highest BCUT2D eigenvalue weighted by Gasteiger charge is 2.21. The van der Waals surface area contributed by atoms with E-state index in [4.69, 9.17) is 4.52 Å². The number of benzene rings is 1. The van der Waals surface area contributed by atoms with Crippen LogP contribution in [0.15, 0.2) is 22.7 Å². The molecule has 0 bridgehead atoms. The molecule has 4 nitrogen and oxygen atoms in total. The van der Waals surface area contributed by atoms with Crippen molar-refractivity contribution in [1.29, 1.82) is 0 Å². The van der Waals surface area contributed by atoms with Crippen LogP contribution >= 0.6 is 0 Å². The maximum Gasteiger partial charge on any atom is 0.231 e. The van der Waals surface area contributed by atoms with Gasteiger partial charge in [0.15, 0.2) is 0 Å². The molecule has 3 rings (SSSR count). The van der Waals surface area contributed by atoms with Gasteiger partial charge in [-0.05, 0) is 50.4 Å². The summed E-state index contributed by atoms with van der Waals surface area (Å²) >= 11 is 0. The van der Waals surface area contributed by atoms with Crippen molar-refractivity contribution in [3.05, 3.63) is 35.2 Å². The van der Waals surface area contributed by atoms with Crippen LogP contribution < -0.4 is 5.32 Å². The second-order valence-corrected chi connectivity index (χ2v) is 5.30. The number of hydrogen-bond donors (Lipinski definition) is 1. The van der Waals surface area contributed by atoms with Gasteiger partial charge in [-0.1, -0.05) is 17.3 Å². The van der Waals surface area contributed by atoms with E-state index in [2.05, 4.69) is 47.5 Å². The van der Waals surface area contributed by atoms with Gasteiger partial charge in [0.2, 0.25) is 11.7 Å². The Labute approximate surface area is 113 Å². The summed E-state index contributed by atoms with van der Waals surface area (Å²) in [5.74, 6) is 1.82. The molecule has 0 amide bonds. The average molecular weight is 257 g/mol. The van der Waals surface area contributed by atoms with Crippen molar-refractivity contribution in [2.45, 2.75) is 32.6 Å². The third kappa shape index (κ3) is 2.54. The zero-order valence-corrected chi connectivity index (χ0v) is 11.4. The molecule has 2 aromatic rings. The van der Waals surface area contributed by atoms with Gasteiger partial charge in [-0.25, -0.2) is 0 Å². The Bertz CT molecular complexity index is 571. The van der Waals surface area contributed by atoms with Gasteiger partial charge in [-0.15, -0.1) is 0 Å². The van der Waals surface area contributed by atoms with E-state index in [0.717, 1.165) is 31.0 Å². The van der Waals surface area contributed by atoms with E-state index >= 15 is 0 Å². The van der Waals surface area contributed by atoms with Gasteiger partial charge in [-0.3, -0.25) is 0 Å². The Morgan fingerprint density at radius 3 is 2.89 bits per heavy atom. The standard InChI is InChI=1S/C15H19N3O/c1-10-5-6-12(8-11(10)2)14-17-15(19-18-14)13-4-3-7-16-9-13/h5-6,8,13,16H,3-4,7,9H2,1-2H3/t13-/m1/s1. The molecule has 1 aliphatic heterocycles. The largest absolute Gasteiger partial charge is 0.339 e. The van der Waals surface area contributed by atoms with E-state index in [-0.39, 0.29) is 0 Å². The number of aromatic nitrogens is 2. The van der Waals surface area contributed by atoms with Gasteiger partial charge < -0.3 is 9.84 Å². The molecule has 1 aliphatic rings. The van der Waals surface area contributed by atoms with Crippen LogP contribution in [0.25, 0.3) is 11.4 Å². The van der Waals surface area contributed by atoms with E-state index in [1.807, 2.05) is 0 Å². The predicted octanol–water partition coefficient (Wildman–Crippen LogP) is 2.82. The molecule has 0 spiro atoms. The average Bonchev–Trinajstić information content (AvgIpc) is 2.93. The van der Waals surface area contributed by atoms with Crippen molar-refractivity contribution >= 4 is 0 Å². The van der Waals surface area contributed by atoms with E-state index in [1.54, 1.807) is 0 Å². The first kappa shape index (κ1) is 12.4. The summed E-state index contributed by atoms with van der Waals surface area (Å²) in [5, 5.41) is 7.49. The molecule has 0 aliphatic carbocycles. The second-order valence-electron chi connectivity index (χ2n) is 5.30. The van der Waals surface area contributed by atoms with Crippen LogP contribution in [0.1, 0.15) is 35.8 Å². The SMILES string of the molecule is Cc1ccc(-c2noc([C@@H]3CCCNC3)n2)cc1C. The van der Waals surface area contributed by atoms with Crippen molar-refractivity contribution in [2.75, 3.05) is 13.1 Å². The Kier molecular flexibility index (Phi) is 3.34. The van der Waals surface area contributed by atoms with Crippen LogP contribution in [0.4, 0.5) is 0 Å². The molecule has 1 aromatic heterocycles. The van der Waals surface area contributed by atoms with Gasteiger partial charge in [0.05, 0.1) is 5.92 Å². The van der Waals surface area contributed by atoms with Gasteiger partial charge in [0.25, 0.3) is 0 Å². The number of nitrogens with one attached hydrogen (secondary N) is 1. The lowest BCUT2D eigenvalue weighted by atomic mass is 10.00. The fraction of sp³-hybridized carbons (Fsp3) is 0.467. The molecule has 4 heteroatoms. The molecule has 1 aromatic carbocycles. The highest BCUT2D eigenvalue weighted by molar-refractivity contribution is 5.56. The van der Waals surface area contributed by atoms with E-state index < -0.39 is 0 Å². The lowest BCUT2D eigenvalue weighted by Crippen LogP contribution is -2.28. The number of piperidine rings is 1. The van der Waals surface area contributed by atoms with Gasteiger partial charge in [0.1, 0.15) is 0 Å². The van der Waals surface area contributed by atoms with Gasteiger partial charge >= 0.3 is 0 Å². The third-order valence-electron chi connectivity index (χ3n) is 3.85. The fourth-order valence-corrected chi connectivity index (χ4v) is 2.46. The number of rotatable bonds is 2. The Hall–Kier alpha value is -1.68. The third-order valence-corrected chi connectivity index (χ3v) is 3.85. The smallest absolute Gasteiger partial charge is 0.231 e. The first-order valence-corrected chi connectivity index (χ1v) is 6.86. The summed E-state index contributed by atoms with van der Waals surface area (Å²) in [5.41, 5.74) is 3.56. The van der Waals surface area contributed by atoms with Crippen LogP contribution in [-0.4, -0.2) is 23.2 Å². The molecular formula is C15H19N3O. The van der Waals surface area contributed by atoms with Gasteiger partial charge in [0, 0.05) is 12.1 Å². The van der Waals surface area contributed by atoms with Crippen molar-refractivity contribution in [3.8, 4) is 11.4 Å². The molecular weight excluding hydrogens is 238 g/mol. The molecule has 1 fully saturated rings. The normalized spacial score (nSPS) is 19.6. The van der Waals surface area contributed by atoms with Crippen LogP contribution in [0, 0.1) is 13.8 Å². The molecule has 0 saturated carbocycles. The summed E-state index contributed by atoms with van der Waals surface area (Å²) in [4.78, 5) is 4.56. The maximum atomic E-state index is 5.43. The topological polar surface area (TPSA) is 51.0 Å². The van der Waals surface area contributed by atoms with Crippen molar-refractivity contribution in [3.63, 3.8) is 0 Å². The van der Waals surface area contributed by atoms with Crippen molar-refractivity contribution in [1.82, 2.24) is 15.5 Å². The Morgan fingerprint density at radius 2 is 2.16 bits per heavy atom. The quantitative estimate of drug-likeness (QED) is 0.898. The number of nitrogens with zero attached hydrogens (tertiary/aromatic N) is 2. The van der Waals surface area contributed by atoms with Crippen LogP contribution in [-0.2, 0) is 0 Å². The molecule has 1 saturated heterocycles. The monoisotopic (exact) mass is 257 g/mol. The fourth-order valence-electron chi connectivity index (χ4n) is 2.46. The van der Waals surface area contributed by atoms with Crippen molar-refractivity contribution < 1.29 is 4.52 Å². The van der Waals surface area contributed by atoms with Crippen LogP contribution in [0.2, 0.25) is 0 Å². The number of hydrogen-bond acceptors (Lipinski definition) is 4. The summed E-state index contributed by atoms with van der Waals surface area (Å²) in [6.07, 6.45) is 2.30. The van der Waals surface area contributed by atoms with E-state index in [9.17, 15) is 0 Å². The molecule has 19 heavy (non-hydrogen) atoms. The Morgan fingerprint density at radius 1 is 1.26 bits per heavy atom. The molecule has 1 atom stereocenters. The minimum Gasteiger partial charge on any atom is -0.339 e. The number of aryl methyl sites for hydroxylation is 2. The summed E-state index contributed by atoms with van der Waals surface area (Å²) in [7, 11) is 0. The minimum absolute atomic E-state index is 0.363. The van der Waals surface area contributed by atoms with Crippen molar-refractivity contribution in [2.24, 2.45) is 0 Å². The molecule has 2 heterocycles. The van der Waals surface area contributed by atoms with Crippen LogP contribution in [0.5, 0.6) is 0 Å². The first-order valence-electron chi connectivity index (χ1n) is 6.86. The maximum absolute atomic E-state index is 5.43. The molecule has 100 valence electrons. The lowest BCUT2D eigenvalue weighted by molar-refractivity contribution is 0.322. The van der Waals surface area contributed by atoms with Gasteiger partial charge in [-0.2, -0.15) is 4.98 Å². The highest BCUT2D eigenvalue weighted by atomic mass is 16.5. The second kappa shape index (κ2) is 5.13. The predicted molar refractivity (Wildman–Crippen MR) is 74.1 cm³/mol. The summed E-state index contributed by atoms with van der Waals surface area (Å²) in [6, 6.07) is 6.27. The summed E-state index contributed by atoms with van der Waals surface area (Å²) in [6.45, 7) is 6.24. The van der Waals surface area contributed by atoms with Crippen LogP contribution in [0.3, 0.4) is 0 Å². The van der Waals surface area contributed by atoms with E-state index in [1.165, 1.54) is 17.5 Å². The highest BCUT2D eigenvalue weighted by Crippen LogP contribution is 2.25. The molecule has 0 unspecified atom stereocenters. The lowest BCUT2D eigenvalue weighted by Gasteiger charge is -2.18. The Balaban J connectivity index is 1.85. The zero-order chi connectivity index (χ0) is 13.2. The zero-order valence-electron chi connectivity index (χ0n) is 11.4.